The molecular formula is C17H14F3N3O4. The molecule has 0 saturated carbocycles. The normalized spacial score (nSPS) is 16.6. The number of nitrogens with zero attached hydrogens (tertiary/aromatic N) is 1. The highest BCUT2D eigenvalue weighted by molar-refractivity contribution is 5.88. The largest absolute Gasteiger partial charge is 0.485 e. The van der Waals surface area contributed by atoms with Gasteiger partial charge in [0.05, 0.1) is 5.56 Å². The first-order valence-corrected chi connectivity index (χ1v) is 7.70. The third-order valence-electron chi connectivity index (χ3n) is 3.51. The first-order valence-electron chi connectivity index (χ1n) is 7.70. The number of hydrogen-bond acceptors (Lipinski definition) is 5. The van der Waals surface area contributed by atoms with E-state index in [0.29, 0.717) is 11.5 Å². The van der Waals surface area contributed by atoms with Crippen molar-refractivity contribution in [3.63, 3.8) is 0 Å². The molecule has 142 valence electrons. The zero-order valence-corrected chi connectivity index (χ0v) is 13.7. The molecule has 0 fully saturated rings. The van der Waals surface area contributed by atoms with E-state index in [1.807, 2.05) is 0 Å². The highest BCUT2D eigenvalue weighted by atomic mass is 19.4. The summed E-state index contributed by atoms with van der Waals surface area (Å²) in [6.07, 6.45) is -6.41. The van der Waals surface area contributed by atoms with Crippen LogP contribution in [0.2, 0.25) is 0 Å². The molecule has 0 bridgehead atoms. The number of para-hydroxylation sites is 2. The van der Waals surface area contributed by atoms with Crippen LogP contribution in [0.5, 0.6) is 11.5 Å². The number of nitrogens with one attached hydrogen (secondary N) is 1. The van der Waals surface area contributed by atoms with Crippen LogP contribution in [0.1, 0.15) is 5.56 Å². The zero-order chi connectivity index (χ0) is 19.4. The number of ether oxygens (including phenoxy) is 2. The third kappa shape index (κ3) is 4.60. The van der Waals surface area contributed by atoms with Crippen LogP contribution >= 0.6 is 0 Å². The molecule has 0 unspecified atom stereocenters. The number of carbonyl (C=O) groups is 1. The van der Waals surface area contributed by atoms with Crippen LogP contribution in [0.15, 0.2) is 53.7 Å². The van der Waals surface area contributed by atoms with Gasteiger partial charge in [0.2, 0.25) is 0 Å². The fourth-order valence-corrected chi connectivity index (χ4v) is 2.23. The second kappa shape index (κ2) is 7.44. The maximum absolute atomic E-state index is 12.7. The highest BCUT2D eigenvalue weighted by Gasteiger charge is 2.30. The van der Waals surface area contributed by atoms with Gasteiger partial charge < -0.3 is 15.2 Å². The quantitative estimate of drug-likeness (QED) is 0.368. The van der Waals surface area contributed by atoms with Crippen molar-refractivity contribution in [3.8, 4) is 11.5 Å². The Kier molecular flexibility index (Phi) is 5.06. The van der Waals surface area contributed by atoms with E-state index in [9.17, 15) is 18.0 Å². The van der Waals surface area contributed by atoms with Crippen LogP contribution in [0.3, 0.4) is 0 Å². The topological polar surface area (TPSA) is 95.2 Å². The van der Waals surface area contributed by atoms with Gasteiger partial charge in [0.1, 0.15) is 6.61 Å². The minimum Gasteiger partial charge on any atom is -0.485 e. The van der Waals surface area contributed by atoms with E-state index in [0.717, 1.165) is 18.2 Å². The summed E-state index contributed by atoms with van der Waals surface area (Å²) in [7, 11) is 0. The number of halogens is 3. The molecule has 1 aliphatic heterocycles. The van der Waals surface area contributed by atoms with Gasteiger partial charge in [0, 0.05) is 5.69 Å². The number of nitrogens with two attached hydrogens (primary N) is 1. The van der Waals surface area contributed by atoms with Crippen molar-refractivity contribution in [1.29, 1.82) is 0 Å². The molecule has 2 aromatic carbocycles. The lowest BCUT2D eigenvalue weighted by Crippen LogP contribution is -2.41. The molecule has 0 spiro atoms. The molecule has 1 amide bonds. The van der Waals surface area contributed by atoms with Gasteiger partial charge in [0.15, 0.2) is 23.4 Å². The van der Waals surface area contributed by atoms with Crippen LogP contribution < -0.4 is 20.5 Å². The van der Waals surface area contributed by atoms with Crippen LogP contribution in [-0.2, 0) is 11.0 Å². The standard InChI is InChI=1S/C17H14F3N3O4/c18-17(19,20)10-4-3-5-11(8-10)22-16(24)27-23-15(21)14-9-25-12-6-1-2-7-13(12)26-14/h1-8,14H,9H2,(H2,21,23)(H,22,24)/t14-/m1/s1. The number of carbonyl (C=O) groups excluding carboxylic acids is 1. The van der Waals surface area contributed by atoms with Gasteiger partial charge >= 0.3 is 12.3 Å². The minimum absolute atomic E-state index is 0.0605. The lowest BCUT2D eigenvalue weighted by atomic mass is 10.2. The number of oxime groups is 1. The van der Waals surface area contributed by atoms with Crippen LogP contribution in [0.4, 0.5) is 23.7 Å². The Morgan fingerprint density at radius 3 is 2.67 bits per heavy atom. The molecule has 1 heterocycles. The van der Waals surface area contributed by atoms with Crippen LogP contribution in [-0.4, -0.2) is 24.6 Å². The summed E-state index contributed by atoms with van der Waals surface area (Å²) < 4.78 is 49.0. The van der Waals surface area contributed by atoms with Crippen molar-refractivity contribution in [2.45, 2.75) is 12.3 Å². The lowest BCUT2D eigenvalue weighted by molar-refractivity contribution is -0.137. The van der Waals surface area contributed by atoms with Gasteiger partial charge in [-0.05, 0) is 30.3 Å². The second-order valence-corrected chi connectivity index (χ2v) is 5.46. The van der Waals surface area contributed by atoms with Crippen molar-refractivity contribution >= 4 is 17.6 Å². The zero-order valence-electron chi connectivity index (χ0n) is 13.7. The fourth-order valence-electron chi connectivity index (χ4n) is 2.23. The van der Waals surface area contributed by atoms with Crippen molar-refractivity contribution in [2.75, 3.05) is 11.9 Å². The number of amidine groups is 1. The van der Waals surface area contributed by atoms with Gasteiger partial charge in [-0.2, -0.15) is 13.2 Å². The first-order chi connectivity index (χ1) is 12.8. The van der Waals surface area contributed by atoms with E-state index < -0.39 is 23.9 Å². The van der Waals surface area contributed by atoms with Crippen molar-refractivity contribution in [2.24, 2.45) is 10.9 Å². The van der Waals surface area contributed by atoms with Gasteiger partial charge in [-0.25, -0.2) is 4.79 Å². The Hall–Kier alpha value is -3.43. The SMILES string of the molecule is N/C(=N\OC(=O)Nc1cccc(C(F)(F)F)c1)[C@H]1COc2ccccc2O1. The molecule has 27 heavy (non-hydrogen) atoms. The van der Waals surface area contributed by atoms with Crippen LogP contribution in [0, 0.1) is 0 Å². The van der Waals surface area contributed by atoms with E-state index in [-0.39, 0.29) is 18.1 Å². The number of amides is 1. The molecule has 3 rings (SSSR count). The fraction of sp³-hybridized carbons (Fsp3) is 0.176. The molecule has 10 heteroatoms. The molecule has 3 N–H and O–H groups in total. The second-order valence-electron chi connectivity index (χ2n) is 5.46. The molecule has 0 radical (unpaired) electrons. The van der Waals surface area contributed by atoms with E-state index in [1.54, 1.807) is 24.3 Å². The molecular weight excluding hydrogens is 367 g/mol. The summed E-state index contributed by atoms with van der Waals surface area (Å²) in [5.41, 5.74) is 4.71. The van der Waals surface area contributed by atoms with E-state index in [4.69, 9.17) is 15.2 Å². The highest BCUT2D eigenvalue weighted by Crippen LogP contribution is 2.31. The van der Waals surface area contributed by atoms with E-state index >= 15 is 0 Å². The van der Waals surface area contributed by atoms with Crippen molar-refractivity contribution < 1.29 is 32.3 Å². The Balaban J connectivity index is 1.59. The summed E-state index contributed by atoms with van der Waals surface area (Å²) >= 11 is 0. The van der Waals surface area contributed by atoms with Crippen molar-refractivity contribution in [3.05, 3.63) is 54.1 Å². The maximum Gasteiger partial charge on any atom is 0.437 e. The average Bonchev–Trinajstić information content (AvgIpc) is 2.65. The Bertz CT molecular complexity index is 870. The monoisotopic (exact) mass is 381 g/mol. The van der Waals surface area contributed by atoms with Gasteiger partial charge in [0.25, 0.3) is 0 Å². The molecule has 0 aromatic heterocycles. The Labute approximate surface area is 151 Å². The Morgan fingerprint density at radius 1 is 1.19 bits per heavy atom. The van der Waals surface area contributed by atoms with Crippen molar-refractivity contribution in [1.82, 2.24) is 0 Å². The van der Waals surface area contributed by atoms with E-state index in [2.05, 4.69) is 15.3 Å². The van der Waals surface area contributed by atoms with Gasteiger partial charge in [-0.1, -0.05) is 23.4 Å². The maximum atomic E-state index is 12.7. The molecule has 1 aliphatic rings. The smallest absolute Gasteiger partial charge is 0.437 e. The predicted octanol–water partition coefficient (Wildman–Crippen LogP) is 3.37. The van der Waals surface area contributed by atoms with Gasteiger partial charge in [-0.3, -0.25) is 10.2 Å². The summed E-state index contributed by atoms with van der Waals surface area (Å²) in [4.78, 5) is 16.3. The first kappa shape index (κ1) is 18.4. The number of rotatable bonds is 3. The predicted molar refractivity (Wildman–Crippen MR) is 89.5 cm³/mol. The summed E-state index contributed by atoms with van der Waals surface area (Å²) in [6, 6.07) is 11.0. The molecule has 0 saturated heterocycles. The number of benzene rings is 2. The lowest BCUT2D eigenvalue weighted by Gasteiger charge is -2.25. The van der Waals surface area contributed by atoms with E-state index in [1.165, 1.54) is 6.07 Å². The minimum atomic E-state index is -4.53. The molecule has 2 aromatic rings. The van der Waals surface area contributed by atoms with Gasteiger partial charge in [-0.15, -0.1) is 0 Å². The third-order valence-corrected chi connectivity index (χ3v) is 3.51. The summed E-state index contributed by atoms with van der Waals surface area (Å²) in [5.74, 6) is 0.841. The molecule has 0 aliphatic carbocycles. The average molecular weight is 381 g/mol. The summed E-state index contributed by atoms with van der Waals surface area (Å²) in [5, 5.41) is 5.58. The number of anilines is 1. The Morgan fingerprint density at radius 2 is 1.93 bits per heavy atom. The number of alkyl halides is 3. The molecule has 1 atom stereocenters. The number of fused-ring (bicyclic) bond motifs is 1. The number of hydrogen-bond donors (Lipinski definition) is 2. The van der Waals surface area contributed by atoms with Crippen LogP contribution in [0.25, 0.3) is 0 Å². The summed E-state index contributed by atoms with van der Waals surface area (Å²) in [6.45, 7) is 0.0605. The molecule has 7 nitrogen and oxygen atoms in total.